The molecule has 7 heteroatoms. The molecular formula is C20H26ClN3O3. The number of methoxy groups -OCH3 is 1. The molecule has 1 aromatic carbocycles. The van der Waals surface area contributed by atoms with Gasteiger partial charge in [0.15, 0.2) is 11.4 Å². The first-order valence-corrected chi connectivity index (χ1v) is 9.51. The third-order valence-electron chi connectivity index (χ3n) is 4.35. The first kappa shape index (κ1) is 19.7. The van der Waals surface area contributed by atoms with Crippen LogP contribution in [0.3, 0.4) is 0 Å². The number of para-hydroxylation sites is 1. The average molecular weight is 392 g/mol. The highest BCUT2D eigenvalue weighted by molar-refractivity contribution is 6.32. The molecule has 146 valence electrons. The number of benzene rings is 1. The molecule has 0 bridgehead atoms. The van der Waals surface area contributed by atoms with E-state index >= 15 is 0 Å². The van der Waals surface area contributed by atoms with E-state index in [1.165, 1.54) is 0 Å². The Kier molecular flexibility index (Phi) is 5.77. The minimum Gasteiger partial charge on any atom is -0.487 e. The van der Waals surface area contributed by atoms with Crippen molar-refractivity contribution in [2.75, 3.05) is 25.6 Å². The van der Waals surface area contributed by atoms with E-state index in [1.807, 2.05) is 10.7 Å². The van der Waals surface area contributed by atoms with Gasteiger partial charge in [0.1, 0.15) is 6.61 Å². The van der Waals surface area contributed by atoms with Gasteiger partial charge in [-0.2, -0.15) is 5.10 Å². The molecule has 1 aromatic heterocycles. The zero-order valence-corrected chi connectivity index (χ0v) is 17.0. The molecular weight excluding hydrogens is 366 g/mol. The molecule has 1 fully saturated rings. The number of halogens is 1. The number of amides is 1. The zero-order chi connectivity index (χ0) is 19.6. The number of carbonyl (C=O) groups excluding carboxylic acids is 1. The molecule has 0 atom stereocenters. The first-order valence-electron chi connectivity index (χ1n) is 9.13. The van der Waals surface area contributed by atoms with E-state index in [2.05, 4.69) is 31.2 Å². The summed E-state index contributed by atoms with van der Waals surface area (Å²) < 4.78 is 12.6. The van der Waals surface area contributed by atoms with Gasteiger partial charge in [-0.05, 0) is 51.8 Å². The van der Waals surface area contributed by atoms with E-state index in [1.54, 1.807) is 25.3 Å². The summed E-state index contributed by atoms with van der Waals surface area (Å²) in [5, 5.41) is 7.89. The van der Waals surface area contributed by atoms with Crippen LogP contribution < -0.4 is 10.1 Å². The number of rotatable bonds is 7. The summed E-state index contributed by atoms with van der Waals surface area (Å²) >= 11 is 6.24. The number of hydrogen-bond acceptors (Lipinski definition) is 4. The predicted octanol–water partition coefficient (Wildman–Crippen LogP) is 4.45. The Morgan fingerprint density at radius 2 is 2.07 bits per heavy atom. The maximum atomic E-state index is 12.8. The lowest BCUT2D eigenvalue weighted by molar-refractivity contribution is 0.102. The SMILES string of the molecule is COCCOc1c(Cl)cccc1NC(=O)c1cc(C2CC2)n(C(C)(C)C)n1. The van der Waals surface area contributed by atoms with Gasteiger partial charge in [-0.1, -0.05) is 17.7 Å². The van der Waals surface area contributed by atoms with Crippen LogP contribution in [-0.2, 0) is 10.3 Å². The minimum atomic E-state index is -0.279. The molecule has 3 rings (SSSR count). The fourth-order valence-electron chi connectivity index (χ4n) is 2.88. The largest absolute Gasteiger partial charge is 0.487 e. The molecule has 2 aromatic rings. The topological polar surface area (TPSA) is 65.4 Å². The molecule has 0 unspecified atom stereocenters. The van der Waals surface area contributed by atoms with E-state index in [9.17, 15) is 4.79 Å². The average Bonchev–Trinajstić information content (AvgIpc) is 3.34. The van der Waals surface area contributed by atoms with Gasteiger partial charge in [0, 0.05) is 18.7 Å². The predicted molar refractivity (Wildman–Crippen MR) is 106 cm³/mol. The number of carbonyl (C=O) groups is 1. The Balaban J connectivity index is 1.83. The lowest BCUT2D eigenvalue weighted by Crippen LogP contribution is -2.25. The van der Waals surface area contributed by atoms with Crippen LogP contribution in [0.1, 0.15) is 55.7 Å². The minimum absolute atomic E-state index is 0.180. The molecule has 0 radical (unpaired) electrons. The summed E-state index contributed by atoms with van der Waals surface area (Å²) in [6.45, 7) is 7.04. The number of nitrogens with zero attached hydrogens (tertiary/aromatic N) is 2. The second kappa shape index (κ2) is 7.90. The molecule has 0 saturated heterocycles. The van der Waals surface area contributed by atoms with Crippen molar-refractivity contribution in [3.63, 3.8) is 0 Å². The third kappa shape index (κ3) is 4.62. The zero-order valence-electron chi connectivity index (χ0n) is 16.2. The Bertz CT molecular complexity index is 822. The van der Waals surface area contributed by atoms with Gasteiger partial charge in [-0.25, -0.2) is 0 Å². The van der Waals surface area contributed by atoms with E-state index in [0.29, 0.717) is 41.3 Å². The first-order chi connectivity index (χ1) is 12.8. The van der Waals surface area contributed by atoms with E-state index < -0.39 is 0 Å². The maximum absolute atomic E-state index is 12.8. The molecule has 1 N–H and O–H groups in total. The van der Waals surface area contributed by atoms with Crippen molar-refractivity contribution in [1.29, 1.82) is 0 Å². The Labute approximate surface area is 164 Å². The summed E-state index contributed by atoms with van der Waals surface area (Å²) in [5.74, 6) is 0.651. The second-order valence-electron chi connectivity index (χ2n) is 7.72. The standard InChI is InChI=1S/C20H26ClN3O3/c1-20(2,3)24-17(13-8-9-13)12-16(23-24)19(25)22-15-7-5-6-14(21)18(15)27-11-10-26-4/h5-7,12-13H,8-11H2,1-4H3,(H,22,25). The Hall–Kier alpha value is -2.05. The molecule has 1 aliphatic rings. The van der Waals surface area contributed by atoms with Crippen molar-refractivity contribution in [2.24, 2.45) is 0 Å². The monoisotopic (exact) mass is 391 g/mol. The third-order valence-corrected chi connectivity index (χ3v) is 4.65. The Morgan fingerprint density at radius 1 is 1.33 bits per heavy atom. The van der Waals surface area contributed by atoms with E-state index in [-0.39, 0.29) is 11.4 Å². The van der Waals surface area contributed by atoms with Gasteiger partial charge < -0.3 is 14.8 Å². The summed E-state index contributed by atoms with van der Waals surface area (Å²) in [6.07, 6.45) is 2.29. The summed E-state index contributed by atoms with van der Waals surface area (Å²) in [4.78, 5) is 12.8. The van der Waals surface area contributed by atoms with Crippen molar-refractivity contribution in [3.05, 3.63) is 40.7 Å². The van der Waals surface area contributed by atoms with Gasteiger partial charge >= 0.3 is 0 Å². The van der Waals surface area contributed by atoms with Crippen LogP contribution in [0.4, 0.5) is 5.69 Å². The van der Waals surface area contributed by atoms with Crippen LogP contribution in [-0.4, -0.2) is 36.0 Å². The summed E-state index contributed by atoms with van der Waals surface area (Å²) in [7, 11) is 1.60. The normalized spacial score (nSPS) is 14.3. The summed E-state index contributed by atoms with van der Waals surface area (Å²) in [6, 6.07) is 7.14. The lowest BCUT2D eigenvalue weighted by Gasteiger charge is -2.22. The maximum Gasteiger partial charge on any atom is 0.276 e. The number of ether oxygens (including phenoxy) is 2. The molecule has 6 nitrogen and oxygen atoms in total. The smallest absolute Gasteiger partial charge is 0.276 e. The number of anilines is 1. The lowest BCUT2D eigenvalue weighted by atomic mass is 10.1. The van der Waals surface area contributed by atoms with Gasteiger partial charge in [-0.15, -0.1) is 0 Å². The molecule has 1 saturated carbocycles. The van der Waals surface area contributed by atoms with Gasteiger partial charge in [-0.3, -0.25) is 9.48 Å². The van der Waals surface area contributed by atoms with Crippen LogP contribution in [0.15, 0.2) is 24.3 Å². The highest BCUT2D eigenvalue weighted by atomic mass is 35.5. The molecule has 1 amide bonds. The molecule has 1 heterocycles. The van der Waals surface area contributed by atoms with Crippen molar-refractivity contribution in [1.82, 2.24) is 9.78 Å². The van der Waals surface area contributed by atoms with Crippen LogP contribution in [0.25, 0.3) is 0 Å². The Morgan fingerprint density at radius 3 is 2.70 bits per heavy atom. The molecule has 1 aliphatic carbocycles. The molecule has 0 spiro atoms. The van der Waals surface area contributed by atoms with Crippen LogP contribution in [0.5, 0.6) is 5.75 Å². The van der Waals surface area contributed by atoms with Gasteiger partial charge in [0.05, 0.1) is 22.9 Å². The molecule has 27 heavy (non-hydrogen) atoms. The highest BCUT2D eigenvalue weighted by Gasteiger charge is 2.32. The van der Waals surface area contributed by atoms with Crippen molar-refractivity contribution >= 4 is 23.2 Å². The number of nitrogens with one attached hydrogen (secondary N) is 1. The van der Waals surface area contributed by atoms with E-state index in [4.69, 9.17) is 21.1 Å². The van der Waals surface area contributed by atoms with E-state index in [0.717, 1.165) is 18.5 Å². The van der Waals surface area contributed by atoms with Crippen LogP contribution in [0.2, 0.25) is 5.02 Å². The van der Waals surface area contributed by atoms with Crippen LogP contribution in [0, 0.1) is 0 Å². The second-order valence-corrected chi connectivity index (χ2v) is 8.13. The number of aromatic nitrogens is 2. The highest BCUT2D eigenvalue weighted by Crippen LogP contribution is 2.42. The van der Waals surface area contributed by atoms with Gasteiger partial charge in [0.25, 0.3) is 5.91 Å². The quantitative estimate of drug-likeness (QED) is 0.708. The van der Waals surface area contributed by atoms with Crippen molar-refractivity contribution < 1.29 is 14.3 Å². The van der Waals surface area contributed by atoms with Crippen molar-refractivity contribution in [3.8, 4) is 5.75 Å². The molecule has 0 aliphatic heterocycles. The number of hydrogen-bond donors (Lipinski definition) is 1. The van der Waals surface area contributed by atoms with Crippen molar-refractivity contribution in [2.45, 2.75) is 45.1 Å². The fraction of sp³-hybridized carbons (Fsp3) is 0.500. The van der Waals surface area contributed by atoms with Gasteiger partial charge in [0.2, 0.25) is 0 Å². The fourth-order valence-corrected chi connectivity index (χ4v) is 3.11. The van der Waals surface area contributed by atoms with Crippen LogP contribution >= 0.6 is 11.6 Å². The summed E-state index contributed by atoms with van der Waals surface area (Å²) in [5.41, 5.74) is 1.85.